The van der Waals surface area contributed by atoms with Gasteiger partial charge in [-0.2, -0.15) is 31.6 Å². The first-order valence-electron chi connectivity index (χ1n) is 13.2. The smallest absolute Gasteiger partial charge is 0.457 e. The minimum absolute atomic E-state index is 0.00141. The number of aliphatic hydroxyl groups is 1. The second-order valence-electron chi connectivity index (χ2n) is 10.1. The van der Waals surface area contributed by atoms with Crippen LogP contribution in [-0.2, 0) is 33.8 Å². The van der Waals surface area contributed by atoms with Crippen molar-refractivity contribution >= 4 is 18.1 Å². The van der Waals surface area contributed by atoms with Crippen LogP contribution in [0, 0.1) is 0 Å². The third kappa shape index (κ3) is 6.38. The average Bonchev–Trinajstić information content (AvgIpc) is 3.20. The summed E-state index contributed by atoms with van der Waals surface area (Å²) in [6.07, 6.45) is -10.9. The fourth-order valence-corrected chi connectivity index (χ4v) is 4.63. The molecule has 246 valence electrons. The van der Waals surface area contributed by atoms with E-state index in [2.05, 4.69) is 24.9 Å². The third-order valence-corrected chi connectivity index (χ3v) is 7.01. The van der Waals surface area contributed by atoms with Crippen LogP contribution in [-0.4, -0.2) is 55.7 Å². The molecule has 4 rings (SSSR count). The second-order valence-corrected chi connectivity index (χ2v) is 10.1. The summed E-state index contributed by atoms with van der Waals surface area (Å²) in [6.45, 7) is 2.68. The summed E-state index contributed by atoms with van der Waals surface area (Å²) >= 11 is 0. The number of benzene rings is 1. The summed E-state index contributed by atoms with van der Waals surface area (Å²) in [5.74, 6) is -1.04. The number of imide groups is 1. The molecule has 0 spiro atoms. The highest BCUT2D eigenvalue weighted by atomic mass is 19.4. The zero-order chi connectivity index (χ0) is 34.1. The van der Waals surface area contributed by atoms with E-state index in [4.69, 9.17) is 9.99 Å². The summed E-state index contributed by atoms with van der Waals surface area (Å²) in [5.41, 5.74) is -7.84. The van der Waals surface area contributed by atoms with E-state index in [0.29, 0.717) is 18.6 Å². The fraction of sp³-hybridized carbons (Fsp3) is 0.321. The van der Waals surface area contributed by atoms with E-state index >= 15 is 0 Å². The Labute approximate surface area is 255 Å². The number of aromatic nitrogens is 2. The average molecular weight is 659 g/mol. The summed E-state index contributed by atoms with van der Waals surface area (Å²) in [4.78, 5) is 49.3. The van der Waals surface area contributed by atoms with Crippen LogP contribution >= 0.6 is 0 Å². The zero-order valence-electron chi connectivity index (χ0n) is 23.8. The topological polar surface area (TPSA) is 160 Å². The number of carbonyl (C=O) groups is 3. The number of nitrogens with zero attached hydrogens (tertiary/aromatic N) is 3. The van der Waals surface area contributed by atoms with Gasteiger partial charge in [-0.1, -0.05) is 19.4 Å². The van der Waals surface area contributed by atoms with Gasteiger partial charge in [-0.25, -0.2) is 14.6 Å². The van der Waals surface area contributed by atoms with Crippen LogP contribution < -0.4 is 14.8 Å². The van der Waals surface area contributed by atoms with E-state index in [9.17, 15) is 45.8 Å². The number of halogens is 6. The van der Waals surface area contributed by atoms with Crippen molar-refractivity contribution in [3.63, 3.8) is 0 Å². The first-order valence-corrected chi connectivity index (χ1v) is 13.2. The van der Waals surface area contributed by atoms with Crippen LogP contribution in [0.4, 0.5) is 35.9 Å². The Morgan fingerprint density at radius 3 is 2.30 bits per heavy atom. The molecule has 3 N–H and O–H groups in total. The van der Waals surface area contributed by atoms with Gasteiger partial charge in [-0.05, 0) is 43.2 Å². The quantitative estimate of drug-likeness (QED) is 0.0882. The lowest BCUT2D eigenvalue weighted by atomic mass is 9.90. The van der Waals surface area contributed by atoms with Crippen molar-refractivity contribution in [2.75, 3.05) is 0 Å². The minimum Gasteiger partial charge on any atom is -0.457 e. The molecular formula is C28H24F6N4O8. The molecule has 46 heavy (non-hydrogen) atoms. The van der Waals surface area contributed by atoms with Gasteiger partial charge in [0, 0.05) is 35.7 Å². The molecule has 1 saturated heterocycles. The molecule has 2 aromatic heterocycles. The number of aryl methyl sites for hydroxylation is 1. The highest BCUT2D eigenvalue weighted by Gasteiger charge is 2.71. The van der Waals surface area contributed by atoms with Crippen LogP contribution in [0.15, 0.2) is 54.9 Å². The molecule has 0 radical (unpaired) electrons. The number of amides is 3. The van der Waals surface area contributed by atoms with Crippen LogP contribution in [0.1, 0.15) is 42.7 Å². The van der Waals surface area contributed by atoms with Crippen molar-refractivity contribution in [3.8, 4) is 17.4 Å². The highest BCUT2D eigenvalue weighted by Crippen LogP contribution is 2.50. The molecule has 3 heterocycles. The molecule has 1 unspecified atom stereocenters. The fourth-order valence-electron chi connectivity index (χ4n) is 4.63. The van der Waals surface area contributed by atoms with Crippen molar-refractivity contribution in [1.29, 1.82) is 0 Å². The number of hydrogen-bond acceptors (Lipinski definition) is 10. The third-order valence-electron chi connectivity index (χ3n) is 7.01. The Morgan fingerprint density at radius 1 is 1.02 bits per heavy atom. The molecule has 1 fully saturated rings. The molecule has 3 aromatic rings. The monoisotopic (exact) mass is 658 g/mol. The van der Waals surface area contributed by atoms with Crippen LogP contribution in [0.3, 0.4) is 0 Å². The molecule has 1 atom stereocenters. The van der Waals surface area contributed by atoms with Gasteiger partial charge in [-0.15, -0.1) is 0 Å². The maximum atomic E-state index is 13.4. The van der Waals surface area contributed by atoms with Crippen molar-refractivity contribution in [2.45, 2.75) is 56.7 Å². The van der Waals surface area contributed by atoms with Gasteiger partial charge >= 0.3 is 24.5 Å². The Morgan fingerprint density at radius 2 is 1.72 bits per heavy atom. The van der Waals surface area contributed by atoms with Crippen molar-refractivity contribution in [1.82, 2.24) is 20.2 Å². The first-order chi connectivity index (χ1) is 21.4. The molecule has 1 aromatic carbocycles. The van der Waals surface area contributed by atoms with Gasteiger partial charge in [0.1, 0.15) is 17.0 Å². The molecule has 3 amide bonds. The molecule has 0 aliphatic carbocycles. The van der Waals surface area contributed by atoms with Crippen LogP contribution in [0.5, 0.6) is 17.4 Å². The Hall–Kier alpha value is -4.97. The Bertz CT molecular complexity index is 1620. The zero-order valence-corrected chi connectivity index (χ0v) is 23.8. The molecular weight excluding hydrogens is 634 g/mol. The Balaban J connectivity index is 1.56. The molecule has 0 bridgehead atoms. The number of pyridine rings is 2. The van der Waals surface area contributed by atoms with Gasteiger partial charge in [-0.3, -0.25) is 19.6 Å². The number of rotatable bonds is 9. The summed E-state index contributed by atoms with van der Waals surface area (Å²) < 4.78 is 90.9. The van der Waals surface area contributed by atoms with Crippen molar-refractivity contribution < 1.29 is 65.5 Å². The summed E-state index contributed by atoms with van der Waals surface area (Å²) in [6, 6.07) is 6.32. The number of nitrogens with one attached hydrogen (secondary N) is 1. The van der Waals surface area contributed by atoms with E-state index in [1.165, 1.54) is 37.4 Å². The molecule has 18 heteroatoms. The van der Waals surface area contributed by atoms with Gasteiger partial charge in [0.05, 0.1) is 12.2 Å². The standard InChI is InChI=1S/C28H24F6N4O8/c1-3-4-15-11-16(26(42,27(29,30)31)28(32,33)34)5-7-20(15)44-19-9-10-35-18(12-19)14-38-22(39)25(2,37-23(38)40)17-6-8-21(36-13-17)45-24(41)46-43/h5-13,42-43H,3-4,14H2,1-2H3,(H,37,40). The van der Waals surface area contributed by atoms with Crippen LogP contribution in [0.2, 0.25) is 0 Å². The lowest BCUT2D eigenvalue weighted by Crippen LogP contribution is -2.53. The molecule has 0 saturated carbocycles. The summed E-state index contributed by atoms with van der Waals surface area (Å²) in [5, 5.41) is 20.6. The molecule has 1 aliphatic rings. The maximum Gasteiger partial charge on any atom is 0.547 e. The molecule has 1 aliphatic heterocycles. The predicted octanol–water partition coefficient (Wildman–Crippen LogP) is 5.49. The van der Waals surface area contributed by atoms with Gasteiger partial charge < -0.3 is 19.9 Å². The number of alkyl halides is 6. The lowest BCUT2D eigenvalue weighted by molar-refractivity contribution is -0.376. The number of hydrogen-bond donors (Lipinski definition) is 3. The lowest BCUT2D eigenvalue weighted by Gasteiger charge is -2.33. The SMILES string of the molecule is CCCc1cc(C(O)(C(F)(F)F)C(F)(F)F)ccc1Oc1ccnc(CN2C(=O)NC(C)(c3ccc(OC(=O)OO)nc3)C2=O)c1. The van der Waals surface area contributed by atoms with Gasteiger partial charge in [0.25, 0.3) is 11.5 Å². The van der Waals surface area contributed by atoms with E-state index in [1.807, 2.05) is 0 Å². The van der Waals surface area contributed by atoms with Crippen molar-refractivity contribution in [3.05, 3.63) is 77.2 Å². The van der Waals surface area contributed by atoms with E-state index < -0.39 is 47.1 Å². The van der Waals surface area contributed by atoms with Gasteiger partial charge in [0.15, 0.2) is 0 Å². The predicted molar refractivity (Wildman–Crippen MR) is 141 cm³/mol. The molecule has 12 nitrogen and oxygen atoms in total. The Kier molecular flexibility index (Phi) is 9.17. The van der Waals surface area contributed by atoms with Gasteiger partial charge in [0.2, 0.25) is 5.88 Å². The number of urea groups is 1. The van der Waals surface area contributed by atoms with E-state index in [0.717, 1.165) is 17.2 Å². The normalized spacial score (nSPS) is 17.1. The largest absolute Gasteiger partial charge is 0.547 e. The van der Waals surface area contributed by atoms with Crippen molar-refractivity contribution in [2.24, 2.45) is 0 Å². The first kappa shape index (κ1) is 33.9. The number of ether oxygens (including phenoxy) is 2. The van der Waals surface area contributed by atoms with E-state index in [-0.39, 0.29) is 47.2 Å². The van der Waals surface area contributed by atoms with E-state index in [1.54, 1.807) is 6.92 Å². The maximum absolute atomic E-state index is 13.4. The number of carbonyl (C=O) groups excluding carboxylic acids is 3. The highest BCUT2D eigenvalue weighted by molar-refractivity contribution is 6.07. The minimum atomic E-state index is -6.06. The summed E-state index contributed by atoms with van der Waals surface area (Å²) in [7, 11) is 0. The van der Waals surface area contributed by atoms with Crippen LogP contribution in [0.25, 0.3) is 0 Å². The second kappa shape index (κ2) is 12.4.